The van der Waals surface area contributed by atoms with Gasteiger partial charge < -0.3 is 11.1 Å². The van der Waals surface area contributed by atoms with E-state index in [4.69, 9.17) is 5.73 Å². The molecule has 1 aliphatic rings. The largest absolute Gasteiger partial charge is 0.352 e. The topological polar surface area (TPSA) is 85.8 Å². The number of nitrogens with one attached hydrogen (secondary N) is 1. The van der Waals surface area contributed by atoms with Crippen LogP contribution in [-0.4, -0.2) is 26.9 Å². The maximum atomic E-state index is 11.8. The number of amides is 1. The first-order chi connectivity index (χ1) is 8.69. The van der Waals surface area contributed by atoms with E-state index in [0.29, 0.717) is 6.04 Å². The number of nitrogens with two attached hydrogens (primary N) is 1. The van der Waals surface area contributed by atoms with Gasteiger partial charge in [-0.1, -0.05) is 25.0 Å². The van der Waals surface area contributed by atoms with Crippen molar-refractivity contribution >= 4 is 5.91 Å². The molecule has 1 atom stereocenters. The van der Waals surface area contributed by atoms with Crippen molar-refractivity contribution in [3.63, 3.8) is 0 Å². The van der Waals surface area contributed by atoms with Crippen LogP contribution in [0.2, 0.25) is 0 Å². The Bertz CT molecular complexity index is 397. The fraction of sp³-hybridized carbons (Fsp3) is 0.750. The van der Waals surface area contributed by atoms with Crippen molar-refractivity contribution < 1.29 is 4.79 Å². The Balaban J connectivity index is 1.84. The van der Waals surface area contributed by atoms with Crippen LogP contribution in [-0.2, 0) is 11.3 Å². The third-order valence-corrected chi connectivity index (χ3v) is 3.40. The standard InChI is InChI=1S/C12H21N5O/c1-2-10(13)11-7-17(16-15-11)8-12(18)14-9-5-3-4-6-9/h7,9-10H,2-6,8,13H2,1H3,(H,14,18). The predicted octanol–water partition coefficient (Wildman–Crippen LogP) is 0.747. The minimum absolute atomic E-state index is 0.00317. The Morgan fingerprint density at radius 2 is 2.33 bits per heavy atom. The second-order valence-electron chi connectivity index (χ2n) is 4.90. The van der Waals surface area contributed by atoms with Gasteiger partial charge in [0.1, 0.15) is 6.54 Å². The molecule has 1 saturated carbocycles. The van der Waals surface area contributed by atoms with Gasteiger partial charge in [0.25, 0.3) is 0 Å². The second kappa shape index (κ2) is 5.95. The molecule has 1 fully saturated rings. The maximum Gasteiger partial charge on any atom is 0.242 e. The average Bonchev–Trinajstić information content (AvgIpc) is 2.99. The number of carbonyl (C=O) groups excluding carboxylic acids is 1. The molecule has 2 rings (SSSR count). The lowest BCUT2D eigenvalue weighted by Gasteiger charge is -2.11. The molecule has 6 heteroatoms. The van der Waals surface area contributed by atoms with E-state index in [-0.39, 0.29) is 18.5 Å². The van der Waals surface area contributed by atoms with E-state index in [1.807, 2.05) is 6.92 Å². The molecular formula is C12H21N5O. The molecule has 0 bridgehead atoms. The first-order valence-electron chi connectivity index (χ1n) is 6.64. The van der Waals surface area contributed by atoms with Gasteiger partial charge in [-0.25, -0.2) is 4.68 Å². The van der Waals surface area contributed by atoms with Gasteiger partial charge in [-0.2, -0.15) is 0 Å². The van der Waals surface area contributed by atoms with E-state index < -0.39 is 0 Å². The molecule has 0 spiro atoms. The van der Waals surface area contributed by atoms with Gasteiger partial charge >= 0.3 is 0 Å². The number of carbonyl (C=O) groups is 1. The van der Waals surface area contributed by atoms with Crippen molar-refractivity contribution in [1.29, 1.82) is 0 Å². The normalized spacial score (nSPS) is 17.9. The van der Waals surface area contributed by atoms with Crippen molar-refractivity contribution in [1.82, 2.24) is 20.3 Å². The third-order valence-electron chi connectivity index (χ3n) is 3.40. The summed E-state index contributed by atoms with van der Waals surface area (Å²) < 4.78 is 1.55. The molecule has 0 radical (unpaired) electrons. The minimum Gasteiger partial charge on any atom is -0.352 e. The van der Waals surface area contributed by atoms with Crippen molar-refractivity contribution in [3.05, 3.63) is 11.9 Å². The monoisotopic (exact) mass is 251 g/mol. The van der Waals surface area contributed by atoms with Gasteiger partial charge in [-0.15, -0.1) is 5.10 Å². The number of rotatable bonds is 5. The first-order valence-corrected chi connectivity index (χ1v) is 6.64. The maximum absolute atomic E-state index is 11.8. The Labute approximate surface area is 107 Å². The quantitative estimate of drug-likeness (QED) is 0.808. The van der Waals surface area contributed by atoms with E-state index in [1.54, 1.807) is 10.9 Å². The summed E-state index contributed by atoms with van der Waals surface area (Å²) in [4.78, 5) is 11.8. The molecule has 1 heterocycles. The minimum atomic E-state index is -0.100. The SMILES string of the molecule is CCC(N)c1cn(CC(=O)NC2CCCC2)nn1. The van der Waals surface area contributed by atoms with Crippen LogP contribution in [0.15, 0.2) is 6.20 Å². The van der Waals surface area contributed by atoms with E-state index >= 15 is 0 Å². The molecule has 1 unspecified atom stereocenters. The number of aromatic nitrogens is 3. The Morgan fingerprint density at radius 3 is 3.00 bits per heavy atom. The molecule has 1 aliphatic carbocycles. The van der Waals surface area contributed by atoms with Crippen LogP contribution in [0.3, 0.4) is 0 Å². The molecule has 0 saturated heterocycles. The van der Waals surface area contributed by atoms with E-state index in [9.17, 15) is 4.79 Å². The zero-order valence-electron chi connectivity index (χ0n) is 10.8. The van der Waals surface area contributed by atoms with Crippen molar-refractivity contribution in [2.75, 3.05) is 0 Å². The van der Waals surface area contributed by atoms with Gasteiger partial charge in [0, 0.05) is 6.04 Å². The Hall–Kier alpha value is -1.43. The summed E-state index contributed by atoms with van der Waals surface area (Å²) >= 11 is 0. The lowest BCUT2D eigenvalue weighted by molar-refractivity contribution is -0.122. The highest BCUT2D eigenvalue weighted by Crippen LogP contribution is 2.17. The average molecular weight is 251 g/mol. The summed E-state index contributed by atoms with van der Waals surface area (Å²) in [5, 5.41) is 10.9. The summed E-state index contributed by atoms with van der Waals surface area (Å²) in [7, 11) is 0. The van der Waals surface area contributed by atoms with Crippen molar-refractivity contribution in [3.8, 4) is 0 Å². The smallest absolute Gasteiger partial charge is 0.242 e. The van der Waals surface area contributed by atoms with Crippen LogP contribution in [0.4, 0.5) is 0 Å². The number of hydrogen-bond donors (Lipinski definition) is 2. The van der Waals surface area contributed by atoms with E-state index in [2.05, 4.69) is 15.6 Å². The zero-order valence-corrected chi connectivity index (χ0v) is 10.8. The van der Waals surface area contributed by atoms with Gasteiger partial charge in [0.15, 0.2) is 0 Å². The highest BCUT2D eigenvalue weighted by atomic mass is 16.2. The first kappa shape index (κ1) is 13.0. The third kappa shape index (κ3) is 3.29. The molecule has 18 heavy (non-hydrogen) atoms. The Kier molecular flexibility index (Phi) is 4.30. The van der Waals surface area contributed by atoms with Crippen LogP contribution in [0.5, 0.6) is 0 Å². The van der Waals surface area contributed by atoms with Crippen LogP contribution in [0.25, 0.3) is 0 Å². The predicted molar refractivity (Wildman–Crippen MR) is 67.6 cm³/mol. The van der Waals surface area contributed by atoms with Crippen LogP contribution >= 0.6 is 0 Å². The second-order valence-corrected chi connectivity index (χ2v) is 4.90. The van der Waals surface area contributed by atoms with Gasteiger partial charge in [0.05, 0.1) is 17.9 Å². The fourth-order valence-electron chi connectivity index (χ4n) is 2.26. The summed E-state index contributed by atoms with van der Waals surface area (Å²) in [5.41, 5.74) is 6.60. The van der Waals surface area contributed by atoms with Gasteiger partial charge in [0.2, 0.25) is 5.91 Å². The lowest BCUT2D eigenvalue weighted by atomic mass is 10.2. The molecule has 0 aliphatic heterocycles. The molecule has 1 aromatic rings. The fourth-order valence-corrected chi connectivity index (χ4v) is 2.26. The molecule has 1 amide bonds. The molecular weight excluding hydrogens is 230 g/mol. The molecule has 0 aromatic carbocycles. The number of nitrogens with zero attached hydrogens (tertiary/aromatic N) is 3. The summed E-state index contributed by atoms with van der Waals surface area (Å²) in [6.45, 7) is 2.22. The van der Waals surface area contributed by atoms with Crippen LogP contribution in [0, 0.1) is 0 Å². The van der Waals surface area contributed by atoms with Crippen molar-refractivity contribution in [2.45, 2.75) is 57.7 Å². The molecule has 3 N–H and O–H groups in total. The van der Waals surface area contributed by atoms with Gasteiger partial charge in [-0.05, 0) is 19.3 Å². The van der Waals surface area contributed by atoms with E-state index in [0.717, 1.165) is 25.0 Å². The van der Waals surface area contributed by atoms with Gasteiger partial charge in [-0.3, -0.25) is 4.79 Å². The molecule has 1 aromatic heterocycles. The lowest BCUT2D eigenvalue weighted by Crippen LogP contribution is -2.35. The van der Waals surface area contributed by atoms with E-state index in [1.165, 1.54) is 12.8 Å². The summed E-state index contributed by atoms with van der Waals surface area (Å²) in [5.74, 6) is 0.00317. The van der Waals surface area contributed by atoms with Crippen LogP contribution < -0.4 is 11.1 Å². The number of hydrogen-bond acceptors (Lipinski definition) is 4. The van der Waals surface area contributed by atoms with Crippen molar-refractivity contribution in [2.24, 2.45) is 5.73 Å². The zero-order chi connectivity index (χ0) is 13.0. The highest BCUT2D eigenvalue weighted by molar-refractivity contribution is 5.75. The molecule has 100 valence electrons. The van der Waals surface area contributed by atoms with Crippen LogP contribution in [0.1, 0.15) is 50.8 Å². The summed E-state index contributed by atoms with van der Waals surface area (Å²) in [6, 6.07) is 0.245. The summed E-state index contributed by atoms with van der Waals surface area (Å²) in [6.07, 6.45) is 7.17. The Morgan fingerprint density at radius 1 is 1.61 bits per heavy atom. The molecule has 6 nitrogen and oxygen atoms in total. The highest BCUT2D eigenvalue weighted by Gasteiger charge is 2.17.